The lowest BCUT2D eigenvalue weighted by atomic mass is 10.5. The first-order valence-electron chi connectivity index (χ1n) is 4.43. The first-order valence-corrected chi connectivity index (χ1v) is 4.43. The van der Waals surface area contributed by atoms with Crippen LogP contribution in [0.4, 0.5) is 26.3 Å². The second-order valence-electron chi connectivity index (χ2n) is 3.38. The lowest BCUT2D eigenvalue weighted by Gasteiger charge is -2.12. The summed E-state index contributed by atoms with van der Waals surface area (Å²) in [7, 11) is 0. The summed E-state index contributed by atoms with van der Waals surface area (Å²) in [5.74, 6) is 0. The van der Waals surface area contributed by atoms with Crippen molar-refractivity contribution in [3.8, 4) is 0 Å². The van der Waals surface area contributed by atoms with Crippen molar-refractivity contribution in [2.45, 2.75) is 25.4 Å². The topological polar surface area (TPSA) is 44.0 Å². The van der Waals surface area contributed by atoms with Crippen LogP contribution in [0.25, 0.3) is 0 Å². The van der Waals surface area contributed by atoms with Gasteiger partial charge in [-0.3, -0.25) is 13.9 Å². The summed E-state index contributed by atoms with van der Waals surface area (Å²) in [6.07, 6.45) is -9.14. The Morgan fingerprint density at radius 1 is 0.944 bits per heavy atom. The van der Waals surface area contributed by atoms with E-state index in [0.717, 1.165) is 0 Å². The molecule has 0 aliphatic rings. The zero-order valence-electron chi connectivity index (χ0n) is 8.55. The number of halogens is 6. The number of hydrogen-bond donors (Lipinski definition) is 0. The van der Waals surface area contributed by atoms with Gasteiger partial charge in [0.15, 0.2) is 0 Å². The van der Waals surface area contributed by atoms with Gasteiger partial charge in [-0.15, -0.1) is 0 Å². The third kappa shape index (κ3) is 3.93. The summed E-state index contributed by atoms with van der Waals surface area (Å²) in [6.45, 7) is -3.69. The number of nitrogens with zero attached hydrogens (tertiary/aromatic N) is 2. The van der Waals surface area contributed by atoms with Gasteiger partial charge in [0.25, 0.3) is 5.56 Å². The van der Waals surface area contributed by atoms with E-state index in [4.69, 9.17) is 0 Å². The summed E-state index contributed by atoms with van der Waals surface area (Å²) < 4.78 is 71.9. The molecule has 0 spiro atoms. The van der Waals surface area contributed by atoms with Crippen molar-refractivity contribution < 1.29 is 26.3 Å². The molecule has 1 heterocycles. The Kier molecular flexibility index (Phi) is 3.58. The fraction of sp³-hybridized carbons (Fsp3) is 0.500. The predicted molar refractivity (Wildman–Crippen MR) is 47.1 cm³/mol. The second-order valence-corrected chi connectivity index (χ2v) is 3.38. The molecule has 18 heavy (non-hydrogen) atoms. The Bertz CT molecular complexity index is 538. The number of alkyl halides is 6. The fourth-order valence-corrected chi connectivity index (χ4v) is 1.20. The van der Waals surface area contributed by atoms with Crippen LogP contribution in [-0.2, 0) is 13.1 Å². The molecule has 0 aromatic carbocycles. The molecule has 0 radical (unpaired) electrons. The maximum absolute atomic E-state index is 12.0. The Morgan fingerprint density at radius 2 is 1.44 bits per heavy atom. The molecule has 0 atom stereocenters. The monoisotopic (exact) mass is 276 g/mol. The molecule has 0 saturated heterocycles. The molecule has 1 aromatic rings. The van der Waals surface area contributed by atoms with Crippen LogP contribution in [0.15, 0.2) is 21.9 Å². The predicted octanol–water partition coefficient (Wildman–Crippen LogP) is 1.13. The third-order valence-electron chi connectivity index (χ3n) is 1.83. The maximum atomic E-state index is 12.0. The van der Waals surface area contributed by atoms with Crippen LogP contribution in [0.2, 0.25) is 0 Å². The zero-order chi connectivity index (χ0) is 14.1. The maximum Gasteiger partial charge on any atom is 0.406 e. The van der Waals surface area contributed by atoms with Crippen LogP contribution >= 0.6 is 0 Å². The standard InChI is InChI=1S/C8H6F6N2O2/c9-7(10,11)3-15-2-1-5(17)16(6(15)18)4-8(12,13)14/h1-2H,3-4H2. The molecular weight excluding hydrogens is 270 g/mol. The van der Waals surface area contributed by atoms with Gasteiger partial charge in [-0.2, -0.15) is 26.3 Å². The smallest absolute Gasteiger partial charge is 0.291 e. The van der Waals surface area contributed by atoms with Crippen LogP contribution in [0, 0.1) is 0 Å². The van der Waals surface area contributed by atoms with Gasteiger partial charge in [0.2, 0.25) is 0 Å². The summed E-state index contributed by atoms with van der Waals surface area (Å²) in [5, 5.41) is 0. The van der Waals surface area contributed by atoms with Crippen LogP contribution in [0.1, 0.15) is 0 Å². The van der Waals surface area contributed by atoms with E-state index in [0.29, 0.717) is 12.3 Å². The van der Waals surface area contributed by atoms with Gasteiger partial charge in [0, 0.05) is 12.3 Å². The Morgan fingerprint density at radius 3 is 1.89 bits per heavy atom. The van der Waals surface area contributed by atoms with Crippen LogP contribution < -0.4 is 11.2 Å². The molecule has 102 valence electrons. The van der Waals surface area contributed by atoms with Gasteiger partial charge in [-0.1, -0.05) is 0 Å². The number of aromatic nitrogens is 2. The summed E-state index contributed by atoms with van der Waals surface area (Å²) >= 11 is 0. The molecule has 0 aliphatic heterocycles. The molecule has 1 rings (SSSR count). The Hall–Kier alpha value is -1.74. The first-order chi connectivity index (χ1) is 7.99. The minimum Gasteiger partial charge on any atom is -0.291 e. The molecule has 10 heteroatoms. The van der Waals surface area contributed by atoms with E-state index < -0.39 is 36.7 Å². The Labute approximate surface area is 95.1 Å². The van der Waals surface area contributed by atoms with Crippen LogP contribution in [-0.4, -0.2) is 21.5 Å². The van der Waals surface area contributed by atoms with Gasteiger partial charge < -0.3 is 0 Å². The van der Waals surface area contributed by atoms with E-state index in [1.54, 1.807) is 0 Å². The van der Waals surface area contributed by atoms with Crippen LogP contribution in [0.5, 0.6) is 0 Å². The van der Waals surface area contributed by atoms with Gasteiger partial charge in [0.1, 0.15) is 13.1 Å². The van der Waals surface area contributed by atoms with Gasteiger partial charge in [-0.05, 0) is 0 Å². The van der Waals surface area contributed by atoms with E-state index >= 15 is 0 Å². The molecule has 0 N–H and O–H groups in total. The van der Waals surface area contributed by atoms with Crippen molar-refractivity contribution in [2.75, 3.05) is 0 Å². The molecular formula is C8H6F6N2O2. The average Bonchev–Trinajstić information content (AvgIpc) is 2.14. The average molecular weight is 276 g/mol. The van der Waals surface area contributed by atoms with Gasteiger partial charge in [0.05, 0.1) is 0 Å². The van der Waals surface area contributed by atoms with Crippen molar-refractivity contribution >= 4 is 0 Å². The van der Waals surface area contributed by atoms with Crippen LogP contribution in [0.3, 0.4) is 0 Å². The quantitative estimate of drug-likeness (QED) is 0.760. The van der Waals surface area contributed by atoms with E-state index in [-0.39, 0.29) is 9.13 Å². The normalized spacial score (nSPS) is 12.8. The molecule has 0 saturated carbocycles. The van der Waals surface area contributed by atoms with E-state index in [2.05, 4.69) is 0 Å². The molecule has 4 nitrogen and oxygen atoms in total. The van der Waals surface area contributed by atoms with Crippen molar-refractivity contribution in [1.29, 1.82) is 0 Å². The number of hydrogen-bond acceptors (Lipinski definition) is 2. The minimum absolute atomic E-state index is 0.00681. The highest BCUT2D eigenvalue weighted by Crippen LogP contribution is 2.17. The molecule has 0 bridgehead atoms. The molecule has 0 fully saturated rings. The minimum atomic E-state index is -4.87. The lowest BCUT2D eigenvalue weighted by Crippen LogP contribution is -2.43. The fourth-order valence-electron chi connectivity index (χ4n) is 1.20. The van der Waals surface area contributed by atoms with Crippen molar-refractivity contribution in [3.05, 3.63) is 33.1 Å². The number of rotatable bonds is 2. The zero-order valence-corrected chi connectivity index (χ0v) is 8.55. The highest BCUT2D eigenvalue weighted by Gasteiger charge is 2.32. The first kappa shape index (κ1) is 14.3. The molecule has 0 aliphatic carbocycles. The molecule has 1 aromatic heterocycles. The SMILES string of the molecule is O=c1ccn(CC(F)(F)F)c(=O)n1CC(F)(F)F. The molecule has 0 unspecified atom stereocenters. The highest BCUT2D eigenvalue weighted by molar-refractivity contribution is 4.87. The lowest BCUT2D eigenvalue weighted by molar-refractivity contribution is -0.145. The largest absolute Gasteiger partial charge is 0.406 e. The summed E-state index contributed by atoms with van der Waals surface area (Å²) in [6, 6.07) is 0.471. The summed E-state index contributed by atoms with van der Waals surface area (Å²) in [5.41, 5.74) is -2.96. The van der Waals surface area contributed by atoms with Crippen molar-refractivity contribution in [2.24, 2.45) is 0 Å². The summed E-state index contributed by atoms with van der Waals surface area (Å²) in [4.78, 5) is 22.3. The van der Waals surface area contributed by atoms with Crippen molar-refractivity contribution in [3.63, 3.8) is 0 Å². The third-order valence-corrected chi connectivity index (χ3v) is 1.83. The second kappa shape index (κ2) is 4.50. The van der Waals surface area contributed by atoms with Crippen molar-refractivity contribution in [1.82, 2.24) is 9.13 Å². The highest BCUT2D eigenvalue weighted by atomic mass is 19.4. The Balaban J connectivity index is 3.24. The van der Waals surface area contributed by atoms with E-state index in [1.165, 1.54) is 0 Å². The molecule has 0 amide bonds. The van der Waals surface area contributed by atoms with Gasteiger partial charge >= 0.3 is 18.0 Å². The van der Waals surface area contributed by atoms with Gasteiger partial charge in [-0.25, -0.2) is 4.79 Å². The van der Waals surface area contributed by atoms with E-state index in [1.807, 2.05) is 0 Å². The van der Waals surface area contributed by atoms with E-state index in [9.17, 15) is 35.9 Å².